The lowest BCUT2D eigenvalue weighted by Crippen LogP contribution is -2.12. The van der Waals surface area contributed by atoms with Crippen molar-refractivity contribution in [2.75, 3.05) is 13.7 Å². The van der Waals surface area contributed by atoms with Crippen molar-refractivity contribution in [1.82, 2.24) is 0 Å². The summed E-state index contributed by atoms with van der Waals surface area (Å²) in [7, 11) is 1.62. The van der Waals surface area contributed by atoms with Gasteiger partial charge < -0.3 is 24.8 Å². The number of aromatic hydroxyl groups is 3. The molecule has 0 bridgehead atoms. The highest BCUT2D eigenvalue weighted by atomic mass is 16.5. The fourth-order valence-corrected chi connectivity index (χ4v) is 3.47. The van der Waals surface area contributed by atoms with E-state index in [9.17, 15) is 15.3 Å². The summed E-state index contributed by atoms with van der Waals surface area (Å²) in [6.07, 6.45) is 0. The zero-order valence-electron chi connectivity index (χ0n) is 15.6. The zero-order valence-corrected chi connectivity index (χ0v) is 15.6. The summed E-state index contributed by atoms with van der Waals surface area (Å²) in [5, 5.41) is 29.7. The van der Waals surface area contributed by atoms with Gasteiger partial charge in [-0.1, -0.05) is 18.2 Å². The molecular formula is C23H20O5. The van der Waals surface area contributed by atoms with Gasteiger partial charge in [0.2, 0.25) is 0 Å². The molecule has 0 amide bonds. The van der Waals surface area contributed by atoms with Crippen LogP contribution in [0.1, 0.15) is 22.3 Å². The van der Waals surface area contributed by atoms with Crippen LogP contribution in [0.2, 0.25) is 0 Å². The summed E-state index contributed by atoms with van der Waals surface area (Å²) in [6.45, 7) is 2.08. The molecule has 0 spiro atoms. The molecule has 0 aromatic heterocycles. The normalized spacial score (nSPS) is 13.1. The van der Waals surface area contributed by atoms with Crippen molar-refractivity contribution in [3.8, 4) is 28.7 Å². The largest absolute Gasteiger partial charge is 0.508 e. The molecule has 0 unspecified atom stereocenters. The Morgan fingerprint density at radius 2 is 1.50 bits per heavy atom. The third-order valence-electron chi connectivity index (χ3n) is 5.01. The maximum atomic E-state index is 10.1. The van der Waals surface area contributed by atoms with Crippen LogP contribution >= 0.6 is 0 Å². The summed E-state index contributed by atoms with van der Waals surface area (Å²) < 4.78 is 11.2. The SMILES string of the molecule is COc1ccc(C2=C(c3ccc(O)c(O)c3)COc3c2ccc(O)c3C)cc1. The third-order valence-corrected chi connectivity index (χ3v) is 5.01. The van der Waals surface area contributed by atoms with Crippen molar-refractivity contribution < 1.29 is 24.8 Å². The average Bonchev–Trinajstić information content (AvgIpc) is 2.72. The van der Waals surface area contributed by atoms with E-state index < -0.39 is 0 Å². The van der Waals surface area contributed by atoms with E-state index >= 15 is 0 Å². The summed E-state index contributed by atoms with van der Waals surface area (Å²) in [5.41, 5.74) is 5.05. The molecule has 0 fully saturated rings. The topological polar surface area (TPSA) is 79.2 Å². The van der Waals surface area contributed by atoms with Gasteiger partial charge in [0.25, 0.3) is 0 Å². The number of ether oxygens (including phenoxy) is 2. The minimum absolute atomic E-state index is 0.173. The molecule has 3 aromatic carbocycles. The minimum atomic E-state index is -0.188. The predicted octanol–water partition coefficient (Wildman–Crippen LogP) is 4.47. The molecule has 3 N–H and O–H groups in total. The number of rotatable bonds is 3. The molecule has 1 heterocycles. The Kier molecular flexibility index (Phi) is 4.35. The number of benzene rings is 3. The highest BCUT2D eigenvalue weighted by molar-refractivity contribution is 6.02. The van der Waals surface area contributed by atoms with Gasteiger partial charge in [-0.3, -0.25) is 0 Å². The fraction of sp³-hybridized carbons (Fsp3) is 0.130. The maximum Gasteiger partial charge on any atom is 0.158 e. The standard InChI is InChI=1S/C23H20O5/c1-13-19(24)10-8-17-22(14-3-6-16(27-2)7-4-14)18(12-28-23(13)17)15-5-9-20(25)21(26)11-15/h3-11,24-26H,12H2,1-2H3. The van der Waals surface area contributed by atoms with Gasteiger partial charge in [-0.05, 0) is 60.0 Å². The Balaban J connectivity index is 1.99. The van der Waals surface area contributed by atoms with E-state index in [2.05, 4.69) is 0 Å². The molecule has 0 atom stereocenters. The van der Waals surface area contributed by atoms with E-state index in [1.807, 2.05) is 37.3 Å². The Bertz CT molecular complexity index is 1080. The molecule has 0 aliphatic carbocycles. The molecular weight excluding hydrogens is 356 g/mol. The lowest BCUT2D eigenvalue weighted by Gasteiger charge is -2.26. The third kappa shape index (κ3) is 2.91. The number of hydrogen-bond donors (Lipinski definition) is 3. The van der Waals surface area contributed by atoms with Gasteiger partial charge in [-0.2, -0.15) is 0 Å². The highest BCUT2D eigenvalue weighted by Gasteiger charge is 2.25. The van der Waals surface area contributed by atoms with E-state index in [4.69, 9.17) is 9.47 Å². The number of fused-ring (bicyclic) bond motifs is 1. The molecule has 1 aliphatic heterocycles. The van der Waals surface area contributed by atoms with Gasteiger partial charge in [0.05, 0.1) is 7.11 Å². The molecule has 0 saturated carbocycles. The Morgan fingerprint density at radius 3 is 2.18 bits per heavy atom. The lowest BCUT2D eigenvalue weighted by molar-refractivity contribution is 0.357. The van der Waals surface area contributed by atoms with Crippen molar-refractivity contribution >= 4 is 11.1 Å². The average molecular weight is 376 g/mol. The molecule has 4 rings (SSSR count). The second-order valence-electron chi connectivity index (χ2n) is 6.66. The first-order valence-corrected chi connectivity index (χ1v) is 8.85. The molecule has 3 aromatic rings. The predicted molar refractivity (Wildman–Crippen MR) is 107 cm³/mol. The van der Waals surface area contributed by atoms with Crippen LogP contribution < -0.4 is 9.47 Å². The molecule has 5 nitrogen and oxygen atoms in total. The van der Waals surface area contributed by atoms with Crippen molar-refractivity contribution in [2.24, 2.45) is 0 Å². The van der Waals surface area contributed by atoms with Crippen LogP contribution in [-0.2, 0) is 0 Å². The molecule has 0 radical (unpaired) electrons. The molecule has 28 heavy (non-hydrogen) atoms. The first-order chi connectivity index (χ1) is 13.5. The quantitative estimate of drug-likeness (QED) is 0.588. The Hall–Kier alpha value is -3.60. The Labute approximate surface area is 162 Å². The van der Waals surface area contributed by atoms with Crippen molar-refractivity contribution in [1.29, 1.82) is 0 Å². The summed E-state index contributed by atoms with van der Waals surface area (Å²) in [5.74, 6) is 1.21. The van der Waals surface area contributed by atoms with Crippen LogP contribution in [0.15, 0.2) is 54.6 Å². The van der Waals surface area contributed by atoms with Crippen LogP contribution in [0, 0.1) is 6.92 Å². The van der Waals surface area contributed by atoms with E-state index in [1.54, 1.807) is 19.2 Å². The molecule has 5 heteroatoms. The van der Waals surface area contributed by atoms with Crippen LogP contribution in [0.5, 0.6) is 28.7 Å². The van der Waals surface area contributed by atoms with Crippen LogP contribution in [0.4, 0.5) is 0 Å². The summed E-state index contributed by atoms with van der Waals surface area (Å²) >= 11 is 0. The number of methoxy groups -OCH3 is 1. The van der Waals surface area contributed by atoms with Crippen molar-refractivity contribution in [2.45, 2.75) is 6.92 Å². The van der Waals surface area contributed by atoms with Crippen molar-refractivity contribution in [3.05, 3.63) is 76.9 Å². The smallest absolute Gasteiger partial charge is 0.158 e. The second kappa shape index (κ2) is 6.85. The molecule has 0 saturated heterocycles. The van der Waals surface area contributed by atoms with E-state index in [1.165, 1.54) is 12.1 Å². The van der Waals surface area contributed by atoms with E-state index in [0.717, 1.165) is 33.6 Å². The summed E-state index contributed by atoms with van der Waals surface area (Å²) in [4.78, 5) is 0. The molecule has 1 aliphatic rings. The van der Waals surface area contributed by atoms with E-state index in [0.29, 0.717) is 11.3 Å². The van der Waals surface area contributed by atoms with Gasteiger partial charge in [0.15, 0.2) is 11.5 Å². The second-order valence-corrected chi connectivity index (χ2v) is 6.66. The number of phenols is 3. The van der Waals surface area contributed by atoms with E-state index in [-0.39, 0.29) is 23.9 Å². The zero-order chi connectivity index (χ0) is 19.8. The monoisotopic (exact) mass is 376 g/mol. The van der Waals surface area contributed by atoms with Crippen molar-refractivity contribution in [3.63, 3.8) is 0 Å². The fourth-order valence-electron chi connectivity index (χ4n) is 3.47. The molecule has 142 valence electrons. The van der Waals surface area contributed by atoms with Gasteiger partial charge in [-0.15, -0.1) is 0 Å². The van der Waals surface area contributed by atoms with Gasteiger partial charge >= 0.3 is 0 Å². The van der Waals surface area contributed by atoms with Gasteiger partial charge in [-0.25, -0.2) is 0 Å². The first kappa shape index (κ1) is 17.8. The minimum Gasteiger partial charge on any atom is -0.508 e. The first-order valence-electron chi connectivity index (χ1n) is 8.85. The van der Waals surface area contributed by atoms with Crippen LogP contribution in [0.3, 0.4) is 0 Å². The van der Waals surface area contributed by atoms with Gasteiger partial charge in [0, 0.05) is 16.7 Å². The lowest BCUT2D eigenvalue weighted by atomic mass is 9.86. The summed E-state index contributed by atoms with van der Waals surface area (Å²) in [6, 6.07) is 15.9. The number of phenolic OH excluding ortho intramolecular Hbond substituents is 3. The Morgan fingerprint density at radius 1 is 0.821 bits per heavy atom. The van der Waals surface area contributed by atoms with Crippen LogP contribution in [0.25, 0.3) is 11.1 Å². The maximum absolute atomic E-state index is 10.1. The van der Waals surface area contributed by atoms with Crippen LogP contribution in [-0.4, -0.2) is 29.0 Å². The van der Waals surface area contributed by atoms with Gasteiger partial charge in [0.1, 0.15) is 23.9 Å². The highest BCUT2D eigenvalue weighted by Crippen LogP contribution is 2.45. The number of hydrogen-bond acceptors (Lipinski definition) is 5.